The first-order valence-electron chi connectivity index (χ1n) is 6.35. The van der Waals surface area contributed by atoms with Crippen LogP contribution in [0.4, 0.5) is 4.79 Å². The Balaban J connectivity index is 1.78. The molecule has 1 aromatic rings. The molecule has 1 aliphatic rings. The van der Waals surface area contributed by atoms with Crippen LogP contribution in [0.5, 0.6) is 0 Å². The number of carbonyl (C=O) groups is 2. The zero-order chi connectivity index (χ0) is 14.5. The molecule has 0 saturated heterocycles. The lowest BCUT2D eigenvalue weighted by molar-refractivity contribution is 0.0691. The molecule has 1 aliphatic carbocycles. The molecule has 0 radical (unpaired) electrons. The Kier molecular flexibility index (Phi) is 5.24. The summed E-state index contributed by atoms with van der Waals surface area (Å²) in [5.74, 6) is -1.05. The van der Waals surface area contributed by atoms with Crippen LogP contribution in [-0.4, -0.2) is 39.6 Å². The molecular weight excluding hydrogens is 298 g/mol. The Morgan fingerprint density at radius 3 is 3.00 bits per heavy atom. The van der Waals surface area contributed by atoms with E-state index in [1.807, 2.05) is 0 Å². The van der Waals surface area contributed by atoms with Crippen molar-refractivity contribution in [1.82, 2.24) is 15.6 Å². The lowest BCUT2D eigenvalue weighted by atomic mass is 10.2. The lowest BCUT2D eigenvalue weighted by Crippen LogP contribution is -2.44. The average molecular weight is 315 g/mol. The van der Waals surface area contributed by atoms with Crippen molar-refractivity contribution in [3.8, 4) is 0 Å². The lowest BCUT2D eigenvalue weighted by Gasteiger charge is -2.19. The first-order chi connectivity index (χ1) is 9.60. The van der Waals surface area contributed by atoms with E-state index in [0.29, 0.717) is 10.3 Å². The maximum Gasteiger partial charge on any atom is 0.355 e. The van der Waals surface area contributed by atoms with Crippen LogP contribution in [0, 0.1) is 0 Å². The van der Waals surface area contributed by atoms with Crippen LogP contribution in [-0.2, 0) is 6.54 Å². The van der Waals surface area contributed by atoms with Gasteiger partial charge >= 0.3 is 12.0 Å². The minimum atomic E-state index is -1.05. The van der Waals surface area contributed by atoms with Gasteiger partial charge < -0.3 is 15.7 Å². The van der Waals surface area contributed by atoms with Crippen molar-refractivity contribution >= 4 is 35.1 Å². The maximum atomic E-state index is 11.8. The second-order valence-electron chi connectivity index (χ2n) is 4.57. The quantitative estimate of drug-likeness (QED) is 0.772. The van der Waals surface area contributed by atoms with Crippen LogP contribution in [0.15, 0.2) is 5.38 Å². The highest BCUT2D eigenvalue weighted by molar-refractivity contribution is 7.99. The summed E-state index contributed by atoms with van der Waals surface area (Å²) in [6.07, 6.45) is 5.36. The van der Waals surface area contributed by atoms with E-state index in [0.717, 1.165) is 19.3 Å². The van der Waals surface area contributed by atoms with Crippen LogP contribution in [0.1, 0.15) is 34.8 Å². The van der Waals surface area contributed by atoms with Gasteiger partial charge in [-0.2, -0.15) is 11.8 Å². The van der Waals surface area contributed by atoms with Gasteiger partial charge in [-0.25, -0.2) is 14.6 Å². The van der Waals surface area contributed by atoms with Gasteiger partial charge in [-0.1, -0.05) is 6.42 Å². The van der Waals surface area contributed by atoms with E-state index in [1.54, 1.807) is 11.8 Å². The summed E-state index contributed by atoms with van der Waals surface area (Å²) in [6.45, 7) is 0.250. The number of hydrogen-bond acceptors (Lipinski definition) is 5. The Bertz CT molecular complexity index is 492. The molecule has 110 valence electrons. The van der Waals surface area contributed by atoms with Crippen molar-refractivity contribution in [2.24, 2.45) is 0 Å². The molecule has 1 saturated carbocycles. The van der Waals surface area contributed by atoms with Crippen LogP contribution in [0.2, 0.25) is 0 Å². The summed E-state index contributed by atoms with van der Waals surface area (Å²) in [4.78, 5) is 26.4. The van der Waals surface area contributed by atoms with Gasteiger partial charge in [0, 0.05) is 16.7 Å². The number of thioether (sulfide) groups is 1. The summed E-state index contributed by atoms with van der Waals surface area (Å²) in [5, 5.41) is 17.0. The van der Waals surface area contributed by atoms with E-state index in [4.69, 9.17) is 5.11 Å². The number of aromatic nitrogens is 1. The number of carboxylic acids is 1. The van der Waals surface area contributed by atoms with E-state index in [2.05, 4.69) is 21.9 Å². The van der Waals surface area contributed by atoms with Crippen molar-refractivity contribution in [3.05, 3.63) is 16.1 Å². The predicted molar refractivity (Wildman–Crippen MR) is 79.4 cm³/mol. The van der Waals surface area contributed by atoms with Gasteiger partial charge in [-0.15, -0.1) is 11.3 Å². The average Bonchev–Trinajstić information content (AvgIpc) is 3.04. The molecule has 1 aromatic heterocycles. The summed E-state index contributed by atoms with van der Waals surface area (Å²) in [5.41, 5.74) is 0.0189. The molecule has 20 heavy (non-hydrogen) atoms. The number of carbonyl (C=O) groups excluding carboxylic acids is 1. The normalized spacial score (nSPS) is 21.6. The number of nitrogens with one attached hydrogen (secondary N) is 2. The molecular formula is C12H17N3O3S2. The summed E-state index contributed by atoms with van der Waals surface area (Å²) < 4.78 is 0. The van der Waals surface area contributed by atoms with Gasteiger partial charge in [0.25, 0.3) is 0 Å². The zero-order valence-electron chi connectivity index (χ0n) is 11.1. The summed E-state index contributed by atoms with van der Waals surface area (Å²) in [6, 6.07) is -0.00102. The molecule has 3 N–H and O–H groups in total. The Hall–Kier alpha value is -1.28. The van der Waals surface area contributed by atoms with Crippen molar-refractivity contribution in [2.45, 2.75) is 37.1 Å². The molecule has 1 heterocycles. The molecule has 0 bridgehead atoms. The Morgan fingerprint density at radius 1 is 1.55 bits per heavy atom. The van der Waals surface area contributed by atoms with Gasteiger partial charge in [-0.05, 0) is 19.1 Å². The molecule has 1 fully saturated rings. The van der Waals surface area contributed by atoms with Gasteiger partial charge in [0.2, 0.25) is 0 Å². The molecule has 0 aliphatic heterocycles. The van der Waals surface area contributed by atoms with Gasteiger partial charge in [0.1, 0.15) is 5.01 Å². The van der Waals surface area contributed by atoms with Crippen LogP contribution >= 0.6 is 23.1 Å². The van der Waals surface area contributed by atoms with Crippen LogP contribution < -0.4 is 10.6 Å². The van der Waals surface area contributed by atoms with Crippen molar-refractivity contribution in [3.63, 3.8) is 0 Å². The first-order valence-corrected chi connectivity index (χ1v) is 8.51. The van der Waals surface area contributed by atoms with Gasteiger partial charge in [0.15, 0.2) is 5.69 Å². The third-order valence-electron chi connectivity index (χ3n) is 3.24. The monoisotopic (exact) mass is 315 g/mol. The SMILES string of the molecule is CSC1CCCC1NC(=O)NCc1nc(C(=O)O)cs1. The molecule has 2 rings (SSSR count). The topological polar surface area (TPSA) is 91.3 Å². The molecule has 2 atom stereocenters. The number of aromatic carboxylic acids is 1. The third-order valence-corrected chi connectivity index (χ3v) is 5.26. The molecule has 0 spiro atoms. The van der Waals surface area contributed by atoms with Crippen molar-refractivity contribution in [2.75, 3.05) is 6.26 Å². The third kappa shape index (κ3) is 3.86. The van der Waals surface area contributed by atoms with E-state index < -0.39 is 5.97 Å². The van der Waals surface area contributed by atoms with E-state index >= 15 is 0 Å². The number of carboxylic acid groups (broad SMARTS) is 1. The maximum absolute atomic E-state index is 11.8. The molecule has 0 aromatic carbocycles. The fraction of sp³-hybridized carbons (Fsp3) is 0.583. The van der Waals surface area contributed by atoms with Gasteiger partial charge in [0.05, 0.1) is 6.54 Å². The fourth-order valence-electron chi connectivity index (χ4n) is 2.24. The summed E-state index contributed by atoms with van der Waals surface area (Å²) >= 11 is 3.01. The number of hydrogen-bond donors (Lipinski definition) is 3. The largest absolute Gasteiger partial charge is 0.476 e. The fourth-order valence-corrected chi connectivity index (χ4v) is 3.88. The minimum absolute atomic E-state index is 0.0189. The molecule has 6 nitrogen and oxygen atoms in total. The van der Waals surface area contributed by atoms with E-state index in [9.17, 15) is 9.59 Å². The van der Waals surface area contributed by atoms with Crippen LogP contribution in [0.25, 0.3) is 0 Å². The summed E-state index contributed by atoms with van der Waals surface area (Å²) in [7, 11) is 0. The second kappa shape index (κ2) is 6.94. The van der Waals surface area contributed by atoms with E-state index in [-0.39, 0.29) is 24.3 Å². The second-order valence-corrected chi connectivity index (χ2v) is 6.59. The molecule has 2 amide bonds. The smallest absolute Gasteiger partial charge is 0.355 e. The molecule has 8 heteroatoms. The highest BCUT2D eigenvalue weighted by Crippen LogP contribution is 2.28. The predicted octanol–water partition coefficient (Wildman–Crippen LogP) is 1.92. The minimum Gasteiger partial charge on any atom is -0.476 e. The van der Waals surface area contributed by atoms with Crippen molar-refractivity contribution in [1.29, 1.82) is 0 Å². The Morgan fingerprint density at radius 2 is 2.35 bits per heavy atom. The van der Waals surface area contributed by atoms with Gasteiger partial charge in [-0.3, -0.25) is 0 Å². The highest BCUT2D eigenvalue weighted by Gasteiger charge is 2.27. The number of urea groups is 1. The number of rotatable bonds is 5. The standard InChI is InChI=1S/C12H17N3O3S2/c1-19-9-4-2-3-7(9)15-12(18)13-5-10-14-8(6-20-10)11(16)17/h6-7,9H,2-5H2,1H3,(H,16,17)(H2,13,15,18). The van der Waals surface area contributed by atoms with Crippen LogP contribution in [0.3, 0.4) is 0 Å². The zero-order valence-corrected chi connectivity index (χ0v) is 12.7. The van der Waals surface area contributed by atoms with Crippen molar-refractivity contribution < 1.29 is 14.7 Å². The first kappa shape index (κ1) is 15.1. The molecule has 2 unspecified atom stereocenters. The van der Waals surface area contributed by atoms with E-state index in [1.165, 1.54) is 16.7 Å². The Labute approximate surface area is 125 Å². The number of thiazole rings is 1. The number of nitrogens with zero attached hydrogens (tertiary/aromatic N) is 1. The highest BCUT2D eigenvalue weighted by atomic mass is 32.2. The number of amides is 2.